The van der Waals surface area contributed by atoms with E-state index < -0.39 is 0 Å². The molecule has 0 N–H and O–H groups in total. The van der Waals surface area contributed by atoms with Gasteiger partial charge in [0.1, 0.15) is 0 Å². The van der Waals surface area contributed by atoms with Gasteiger partial charge in [0.15, 0.2) is 0 Å². The lowest BCUT2D eigenvalue weighted by atomic mass is 10.2. The molecular weight excluding hydrogens is 267 g/mol. The Labute approximate surface area is 85.0 Å². The fourth-order valence-corrected chi connectivity index (χ4v) is 1.43. The molecule has 66 valence electrons. The average Bonchev–Trinajstić information content (AvgIpc) is 1.96. The number of aromatic nitrogens is 2. The molecule has 0 amide bonds. The molecule has 0 aliphatic heterocycles. The van der Waals surface area contributed by atoms with Gasteiger partial charge >= 0.3 is 5.69 Å². The molecule has 0 atom stereocenters. The maximum Gasteiger partial charge on any atom is 0.347 e. The number of nitrogens with zero attached hydrogens (tertiary/aromatic N) is 2. The molecule has 0 bridgehead atoms. The lowest BCUT2D eigenvalue weighted by Gasteiger charge is -2.06. The molecule has 1 heterocycles. The summed E-state index contributed by atoms with van der Waals surface area (Å²) in [5.74, 6) is 0.475. The Morgan fingerprint density at radius 1 is 1.67 bits per heavy atom. The summed E-state index contributed by atoms with van der Waals surface area (Å²) in [6.07, 6.45) is 3.41. The summed E-state index contributed by atoms with van der Waals surface area (Å²) in [6.45, 7) is 4.89. The van der Waals surface area contributed by atoms with Gasteiger partial charge in [0.25, 0.3) is 0 Å². The highest BCUT2D eigenvalue weighted by molar-refractivity contribution is 14.1. The van der Waals surface area contributed by atoms with E-state index in [1.165, 1.54) is 0 Å². The molecule has 0 fully saturated rings. The first-order valence-electron chi connectivity index (χ1n) is 3.81. The van der Waals surface area contributed by atoms with E-state index in [0.29, 0.717) is 5.92 Å². The van der Waals surface area contributed by atoms with Crippen LogP contribution in [0.3, 0.4) is 0 Å². The van der Waals surface area contributed by atoms with Crippen LogP contribution < -0.4 is 5.69 Å². The van der Waals surface area contributed by atoms with Crippen LogP contribution in [0.2, 0.25) is 0 Å². The van der Waals surface area contributed by atoms with Gasteiger partial charge in [-0.2, -0.15) is 0 Å². The van der Waals surface area contributed by atoms with Crippen molar-refractivity contribution >= 4 is 22.6 Å². The van der Waals surface area contributed by atoms with Crippen LogP contribution >= 0.6 is 22.6 Å². The second-order valence-corrected chi connectivity index (χ2v) is 4.35. The van der Waals surface area contributed by atoms with Crippen LogP contribution in [-0.2, 0) is 6.54 Å². The minimum Gasteiger partial charge on any atom is -0.298 e. The number of rotatable bonds is 2. The fraction of sp³-hybridized carbons (Fsp3) is 0.500. The van der Waals surface area contributed by atoms with Crippen molar-refractivity contribution in [2.24, 2.45) is 5.92 Å². The van der Waals surface area contributed by atoms with E-state index in [1.54, 1.807) is 10.8 Å². The molecule has 0 saturated carbocycles. The van der Waals surface area contributed by atoms with Gasteiger partial charge in [-0.1, -0.05) is 13.8 Å². The predicted molar refractivity (Wildman–Crippen MR) is 56.1 cm³/mol. The van der Waals surface area contributed by atoms with Crippen molar-refractivity contribution in [3.05, 3.63) is 26.4 Å². The summed E-state index contributed by atoms with van der Waals surface area (Å²) >= 11 is 2.15. The second kappa shape index (κ2) is 4.02. The van der Waals surface area contributed by atoms with Crippen LogP contribution in [0.15, 0.2) is 17.2 Å². The third-order valence-corrected chi connectivity index (χ3v) is 1.94. The summed E-state index contributed by atoms with van der Waals surface area (Å²) in [6, 6.07) is 0. The Bertz CT molecular complexity index is 319. The van der Waals surface area contributed by atoms with Crippen molar-refractivity contribution in [1.82, 2.24) is 9.55 Å². The van der Waals surface area contributed by atoms with Gasteiger partial charge < -0.3 is 0 Å². The second-order valence-electron chi connectivity index (χ2n) is 3.10. The van der Waals surface area contributed by atoms with Crippen LogP contribution in [0, 0.1) is 9.49 Å². The zero-order valence-corrected chi connectivity index (χ0v) is 9.28. The zero-order valence-electron chi connectivity index (χ0n) is 7.12. The van der Waals surface area contributed by atoms with E-state index in [9.17, 15) is 4.79 Å². The molecule has 0 aromatic carbocycles. The molecule has 1 aromatic rings. The smallest absolute Gasteiger partial charge is 0.298 e. The highest BCUT2D eigenvalue weighted by atomic mass is 127. The Hall–Kier alpha value is -0.390. The normalized spacial score (nSPS) is 10.7. The topological polar surface area (TPSA) is 34.9 Å². The molecule has 0 spiro atoms. The Morgan fingerprint density at radius 2 is 2.33 bits per heavy atom. The largest absolute Gasteiger partial charge is 0.347 e. The molecule has 3 nitrogen and oxygen atoms in total. The van der Waals surface area contributed by atoms with Crippen molar-refractivity contribution in [1.29, 1.82) is 0 Å². The minimum atomic E-state index is -0.163. The highest BCUT2D eigenvalue weighted by Gasteiger charge is 1.99. The van der Waals surface area contributed by atoms with E-state index in [2.05, 4.69) is 41.4 Å². The predicted octanol–water partition coefficient (Wildman–Crippen LogP) is 1.50. The van der Waals surface area contributed by atoms with E-state index >= 15 is 0 Å². The Morgan fingerprint density at radius 3 is 2.92 bits per heavy atom. The summed E-state index contributed by atoms with van der Waals surface area (Å²) in [7, 11) is 0. The third-order valence-electron chi connectivity index (χ3n) is 1.39. The first kappa shape index (κ1) is 9.70. The lowest BCUT2D eigenvalue weighted by molar-refractivity contribution is 0.502. The van der Waals surface area contributed by atoms with Crippen molar-refractivity contribution in [2.45, 2.75) is 20.4 Å². The van der Waals surface area contributed by atoms with Gasteiger partial charge in [0.05, 0.1) is 0 Å². The van der Waals surface area contributed by atoms with Crippen molar-refractivity contribution in [2.75, 3.05) is 0 Å². The van der Waals surface area contributed by atoms with Gasteiger partial charge in [0.2, 0.25) is 0 Å². The first-order valence-corrected chi connectivity index (χ1v) is 4.89. The Balaban J connectivity index is 2.98. The zero-order chi connectivity index (χ0) is 9.14. The number of halogens is 1. The third kappa shape index (κ3) is 2.58. The molecule has 12 heavy (non-hydrogen) atoms. The summed E-state index contributed by atoms with van der Waals surface area (Å²) in [5.41, 5.74) is -0.163. The van der Waals surface area contributed by atoms with Crippen molar-refractivity contribution in [3.8, 4) is 0 Å². The molecule has 1 aromatic heterocycles. The van der Waals surface area contributed by atoms with E-state index in [4.69, 9.17) is 0 Å². The van der Waals surface area contributed by atoms with Crippen molar-refractivity contribution in [3.63, 3.8) is 0 Å². The minimum absolute atomic E-state index is 0.163. The van der Waals surface area contributed by atoms with Crippen LogP contribution in [-0.4, -0.2) is 9.55 Å². The van der Waals surface area contributed by atoms with Crippen LogP contribution in [0.5, 0.6) is 0 Å². The quantitative estimate of drug-likeness (QED) is 0.768. The monoisotopic (exact) mass is 278 g/mol. The molecule has 0 aliphatic carbocycles. The maximum absolute atomic E-state index is 11.2. The molecule has 1 rings (SSSR count). The molecule has 0 aliphatic rings. The molecule has 0 saturated heterocycles. The number of hydrogen-bond acceptors (Lipinski definition) is 2. The van der Waals surface area contributed by atoms with E-state index in [-0.39, 0.29) is 5.69 Å². The fourth-order valence-electron chi connectivity index (χ4n) is 0.953. The first-order chi connectivity index (χ1) is 5.59. The van der Waals surface area contributed by atoms with E-state index in [1.807, 2.05) is 6.20 Å². The van der Waals surface area contributed by atoms with E-state index in [0.717, 1.165) is 10.1 Å². The summed E-state index contributed by atoms with van der Waals surface area (Å²) < 4.78 is 2.64. The van der Waals surface area contributed by atoms with Crippen LogP contribution in [0.4, 0.5) is 0 Å². The van der Waals surface area contributed by atoms with Gasteiger partial charge in [0, 0.05) is 22.5 Å². The highest BCUT2D eigenvalue weighted by Crippen LogP contribution is 2.00. The summed E-state index contributed by atoms with van der Waals surface area (Å²) in [4.78, 5) is 14.9. The van der Waals surface area contributed by atoms with Crippen LogP contribution in [0.25, 0.3) is 0 Å². The molecule has 0 radical (unpaired) electrons. The van der Waals surface area contributed by atoms with Gasteiger partial charge in [-0.3, -0.25) is 4.57 Å². The molecular formula is C8H11IN2O. The van der Waals surface area contributed by atoms with Gasteiger partial charge in [-0.15, -0.1) is 0 Å². The average molecular weight is 278 g/mol. The standard InChI is InChI=1S/C8H11IN2O/c1-6(2)4-11-5-7(9)3-10-8(11)12/h3,5-6H,4H2,1-2H3. The number of hydrogen-bond donors (Lipinski definition) is 0. The Kier molecular flexibility index (Phi) is 3.25. The molecule has 4 heteroatoms. The summed E-state index contributed by atoms with van der Waals surface area (Å²) in [5, 5.41) is 0. The van der Waals surface area contributed by atoms with Crippen molar-refractivity contribution < 1.29 is 0 Å². The maximum atomic E-state index is 11.2. The molecule has 0 unspecified atom stereocenters. The SMILES string of the molecule is CC(C)Cn1cc(I)cnc1=O. The van der Waals surface area contributed by atoms with Crippen LogP contribution in [0.1, 0.15) is 13.8 Å². The lowest BCUT2D eigenvalue weighted by Crippen LogP contribution is -2.24. The van der Waals surface area contributed by atoms with Gasteiger partial charge in [-0.05, 0) is 28.5 Å². The van der Waals surface area contributed by atoms with Gasteiger partial charge in [-0.25, -0.2) is 9.78 Å².